The van der Waals surface area contributed by atoms with Crippen LogP contribution in [0, 0.1) is 12.8 Å². The molecule has 2 rings (SSSR count). The molecule has 0 spiro atoms. The number of halogens is 3. The zero-order valence-corrected chi connectivity index (χ0v) is 11.1. The van der Waals surface area contributed by atoms with E-state index in [0.29, 0.717) is 18.9 Å². The Kier molecular flexibility index (Phi) is 4.10. The molecule has 0 aromatic heterocycles. The lowest BCUT2D eigenvalue weighted by Crippen LogP contribution is -2.14. The number of hydrogen-bond acceptors (Lipinski definition) is 1. The molecule has 100 valence electrons. The largest absolute Gasteiger partial charge is 0.493 e. The average molecular weight is 275 g/mol. The Labute approximate surface area is 111 Å². The van der Waals surface area contributed by atoms with Gasteiger partial charge in [-0.3, -0.25) is 0 Å². The number of rotatable bonds is 4. The summed E-state index contributed by atoms with van der Waals surface area (Å²) in [4.78, 5) is 0. The van der Waals surface area contributed by atoms with Crippen molar-refractivity contribution < 1.29 is 13.5 Å². The number of benzene rings is 1. The molecule has 0 saturated heterocycles. The molecule has 1 saturated carbocycles. The van der Waals surface area contributed by atoms with E-state index in [0.717, 1.165) is 16.9 Å². The number of aryl methyl sites for hydroxylation is 1. The SMILES string of the molecule is Cc1cccc(CCl)c1OCC1CCC(F)(F)C1. The first-order chi connectivity index (χ1) is 8.52. The Morgan fingerprint density at radius 1 is 1.44 bits per heavy atom. The summed E-state index contributed by atoms with van der Waals surface area (Å²) in [6.07, 6.45) is 0.460. The van der Waals surface area contributed by atoms with Gasteiger partial charge in [0.05, 0.1) is 12.5 Å². The molecular formula is C14H17ClF2O. The lowest BCUT2D eigenvalue weighted by atomic mass is 10.1. The maximum atomic E-state index is 13.1. The van der Waals surface area contributed by atoms with Gasteiger partial charge >= 0.3 is 0 Å². The topological polar surface area (TPSA) is 9.23 Å². The summed E-state index contributed by atoms with van der Waals surface area (Å²) in [7, 11) is 0. The number of para-hydroxylation sites is 1. The average Bonchev–Trinajstić information content (AvgIpc) is 2.67. The van der Waals surface area contributed by atoms with Gasteiger partial charge in [0, 0.05) is 18.4 Å². The molecule has 0 radical (unpaired) electrons. The van der Waals surface area contributed by atoms with Crippen molar-refractivity contribution in [3.8, 4) is 5.75 Å². The third-order valence-corrected chi connectivity index (χ3v) is 3.69. The highest BCUT2D eigenvalue weighted by Crippen LogP contribution is 2.39. The molecule has 0 heterocycles. The monoisotopic (exact) mass is 274 g/mol. The second-order valence-electron chi connectivity index (χ2n) is 4.97. The van der Waals surface area contributed by atoms with Gasteiger partial charge in [0.25, 0.3) is 0 Å². The predicted octanol–water partition coefficient (Wildman–Crippen LogP) is 4.55. The third-order valence-electron chi connectivity index (χ3n) is 3.41. The molecule has 1 fully saturated rings. The Hall–Kier alpha value is -0.830. The fraction of sp³-hybridized carbons (Fsp3) is 0.571. The van der Waals surface area contributed by atoms with E-state index >= 15 is 0 Å². The standard InChI is InChI=1S/C14H17ClF2O/c1-10-3-2-4-12(8-15)13(10)18-9-11-5-6-14(16,17)7-11/h2-4,11H,5-9H2,1H3. The summed E-state index contributed by atoms with van der Waals surface area (Å²) >= 11 is 5.84. The highest BCUT2D eigenvalue weighted by molar-refractivity contribution is 6.17. The van der Waals surface area contributed by atoms with Crippen molar-refractivity contribution in [2.75, 3.05) is 6.61 Å². The van der Waals surface area contributed by atoms with Gasteiger partial charge in [-0.05, 0) is 24.8 Å². The van der Waals surface area contributed by atoms with Gasteiger partial charge in [0.1, 0.15) is 5.75 Å². The number of alkyl halides is 3. The van der Waals surface area contributed by atoms with Crippen LogP contribution < -0.4 is 4.74 Å². The molecule has 4 heteroatoms. The minimum absolute atomic E-state index is 0.0167. The van der Waals surface area contributed by atoms with Gasteiger partial charge < -0.3 is 4.74 Å². The van der Waals surface area contributed by atoms with E-state index in [-0.39, 0.29) is 18.8 Å². The van der Waals surface area contributed by atoms with Crippen molar-refractivity contribution in [3.63, 3.8) is 0 Å². The maximum Gasteiger partial charge on any atom is 0.248 e. The normalized spacial score (nSPS) is 22.1. The quantitative estimate of drug-likeness (QED) is 0.732. The van der Waals surface area contributed by atoms with Gasteiger partial charge in [-0.15, -0.1) is 11.6 Å². The van der Waals surface area contributed by atoms with Gasteiger partial charge in [0.2, 0.25) is 5.92 Å². The number of ether oxygens (including phenoxy) is 1. The van der Waals surface area contributed by atoms with E-state index in [9.17, 15) is 8.78 Å². The summed E-state index contributed by atoms with van der Waals surface area (Å²) in [5.74, 6) is -1.43. The van der Waals surface area contributed by atoms with Crippen LogP contribution in [0.15, 0.2) is 18.2 Å². The Morgan fingerprint density at radius 2 is 2.22 bits per heavy atom. The van der Waals surface area contributed by atoms with Gasteiger partial charge in [-0.2, -0.15) is 0 Å². The molecule has 1 atom stereocenters. The Bertz CT molecular complexity index is 420. The highest BCUT2D eigenvalue weighted by Gasteiger charge is 2.39. The van der Waals surface area contributed by atoms with E-state index in [1.165, 1.54) is 0 Å². The van der Waals surface area contributed by atoms with Crippen molar-refractivity contribution in [3.05, 3.63) is 29.3 Å². The second-order valence-corrected chi connectivity index (χ2v) is 5.24. The van der Waals surface area contributed by atoms with Crippen LogP contribution in [0.25, 0.3) is 0 Å². The van der Waals surface area contributed by atoms with Crippen LogP contribution in [-0.2, 0) is 5.88 Å². The first kappa shape index (κ1) is 13.6. The van der Waals surface area contributed by atoms with Crippen LogP contribution in [0.5, 0.6) is 5.75 Å². The molecule has 0 amide bonds. The van der Waals surface area contributed by atoms with Crippen molar-refractivity contribution in [1.29, 1.82) is 0 Å². The molecule has 1 unspecified atom stereocenters. The zero-order valence-electron chi connectivity index (χ0n) is 10.4. The molecule has 0 aliphatic heterocycles. The van der Waals surface area contributed by atoms with Gasteiger partial charge in [0.15, 0.2) is 0 Å². The molecule has 1 aromatic carbocycles. The minimum atomic E-state index is -2.50. The molecule has 18 heavy (non-hydrogen) atoms. The Balaban J connectivity index is 1.98. The van der Waals surface area contributed by atoms with Gasteiger partial charge in [-0.25, -0.2) is 8.78 Å². The van der Waals surface area contributed by atoms with Crippen LogP contribution in [0.3, 0.4) is 0 Å². The van der Waals surface area contributed by atoms with Crippen molar-refractivity contribution >= 4 is 11.6 Å². The molecule has 1 aliphatic rings. The Morgan fingerprint density at radius 3 is 2.83 bits per heavy atom. The van der Waals surface area contributed by atoms with Crippen LogP contribution in [0.4, 0.5) is 8.78 Å². The molecule has 1 aliphatic carbocycles. The molecule has 0 N–H and O–H groups in total. The summed E-state index contributed by atoms with van der Waals surface area (Å²) < 4.78 is 31.9. The summed E-state index contributed by atoms with van der Waals surface area (Å²) in [6, 6.07) is 5.76. The third kappa shape index (κ3) is 3.14. The lowest BCUT2D eigenvalue weighted by Gasteiger charge is -2.16. The van der Waals surface area contributed by atoms with Crippen LogP contribution >= 0.6 is 11.6 Å². The van der Waals surface area contributed by atoms with Gasteiger partial charge in [-0.1, -0.05) is 18.2 Å². The summed E-state index contributed by atoms with van der Waals surface area (Å²) in [5, 5.41) is 0. The highest BCUT2D eigenvalue weighted by atomic mass is 35.5. The van der Waals surface area contributed by atoms with Crippen LogP contribution in [-0.4, -0.2) is 12.5 Å². The van der Waals surface area contributed by atoms with E-state index in [2.05, 4.69) is 0 Å². The molecule has 1 aromatic rings. The van der Waals surface area contributed by atoms with E-state index in [1.54, 1.807) is 0 Å². The van der Waals surface area contributed by atoms with Crippen LogP contribution in [0.2, 0.25) is 0 Å². The minimum Gasteiger partial charge on any atom is -0.493 e. The van der Waals surface area contributed by atoms with Crippen LogP contribution in [0.1, 0.15) is 30.4 Å². The van der Waals surface area contributed by atoms with E-state index in [1.807, 2.05) is 25.1 Å². The first-order valence-corrected chi connectivity index (χ1v) is 6.70. The maximum absolute atomic E-state index is 13.1. The molecule has 1 nitrogen and oxygen atoms in total. The summed E-state index contributed by atoms with van der Waals surface area (Å²) in [5.41, 5.74) is 1.92. The molecular weight excluding hydrogens is 258 g/mol. The first-order valence-electron chi connectivity index (χ1n) is 6.17. The molecule has 0 bridgehead atoms. The van der Waals surface area contributed by atoms with E-state index < -0.39 is 5.92 Å². The van der Waals surface area contributed by atoms with E-state index in [4.69, 9.17) is 16.3 Å². The predicted molar refractivity (Wildman–Crippen MR) is 68.5 cm³/mol. The van der Waals surface area contributed by atoms with Crippen molar-refractivity contribution in [2.24, 2.45) is 5.92 Å². The van der Waals surface area contributed by atoms with Crippen molar-refractivity contribution in [2.45, 2.75) is 38.0 Å². The van der Waals surface area contributed by atoms with Crippen molar-refractivity contribution in [1.82, 2.24) is 0 Å². The fourth-order valence-electron chi connectivity index (χ4n) is 2.41. The number of hydrogen-bond donors (Lipinski definition) is 0. The lowest BCUT2D eigenvalue weighted by molar-refractivity contribution is 0.00290. The fourth-order valence-corrected chi connectivity index (χ4v) is 2.62. The smallest absolute Gasteiger partial charge is 0.248 e. The summed E-state index contributed by atoms with van der Waals surface area (Å²) in [6.45, 7) is 2.29. The second kappa shape index (κ2) is 5.43. The zero-order chi connectivity index (χ0) is 13.2.